The Morgan fingerprint density at radius 1 is 1.12 bits per heavy atom. The first-order valence-electron chi connectivity index (χ1n) is 7.55. The van der Waals surface area contributed by atoms with E-state index in [1.807, 2.05) is 0 Å². The van der Waals surface area contributed by atoms with Crippen LogP contribution in [0.15, 0.2) is 0 Å². The van der Waals surface area contributed by atoms with Gasteiger partial charge in [0.05, 0.1) is 0 Å². The van der Waals surface area contributed by atoms with Gasteiger partial charge in [-0.05, 0) is 44.7 Å². The van der Waals surface area contributed by atoms with E-state index < -0.39 is 0 Å². The smallest absolute Gasteiger partial charge is 0.0243 e. The number of hydrogen-bond donors (Lipinski definition) is 1. The minimum atomic E-state index is 0.617. The maximum absolute atomic E-state index is 6.02. The summed E-state index contributed by atoms with van der Waals surface area (Å²) >= 11 is 0. The van der Waals surface area contributed by atoms with E-state index in [-0.39, 0.29) is 0 Å². The average Bonchev–Trinajstić information content (AvgIpc) is 2.56. The standard InChI is InChI=1S/C15H32N2/c1-13(2)10-11-17(3)15(12-16)14-8-6-4-5-7-9-14/h13-15H,4-12,16H2,1-3H3. The fourth-order valence-electron chi connectivity index (χ4n) is 3.06. The van der Waals surface area contributed by atoms with Gasteiger partial charge in [0.15, 0.2) is 0 Å². The fraction of sp³-hybridized carbons (Fsp3) is 1.00. The molecule has 0 aromatic carbocycles. The van der Waals surface area contributed by atoms with Crippen molar-refractivity contribution in [2.45, 2.75) is 64.8 Å². The average molecular weight is 240 g/mol. The molecule has 17 heavy (non-hydrogen) atoms. The third-order valence-electron chi connectivity index (χ3n) is 4.31. The summed E-state index contributed by atoms with van der Waals surface area (Å²) in [6.45, 7) is 6.64. The predicted octanol–water partition coefficient (Wildman–Crippen LogP) is 3.26. The third-order valence-corrected chi connectivity index (χ3v) is 4.31. The van der Waals surface area contributed by atoms with Crippen LogP contribution in [-0.2, 0) is 0 Å². The van der Waals surface area contributed by atoms with E-state index in [0.717, 1.165) is 18.4 Å². The summed E-state index contributed by atoms with van der Waals surface area (Å²) in [5.41, 5.74) is 6.02. The van der Waals surface area contributed by atoms with Crippen LogP contribution in [0, 0.1) is 11.8 Å². The molecule has 0 spiro atoms. The summed E-state index contributed by atoms with van der Waals surface area (Å²) < 4.78 is 0. The molecule has 2 N–H and O–H groups in total. The third kappa shape index (κ3) is 5.39. The number of rotatable bonds is 6. The molecule has 102 valence electrons. The molecule has 0 saturated heterocycles. The molecule has 1 fully saturated rings. The second-order valence-electron chi connectivity index (χ2n) is 6.22. The van der Waals surface area contributed by atoms with Crippen molar-refractivity contribution in [2.75, 3.05) is 20.1 Å². The van der Waals surface area contributed by atoms with Crippen molar-refractivity contribution in [1.82, 2.24) is 4.90 Å². The fourth-order valence-corrected chi connectivity index (χ4v) is 3.06. The van der Waals surface area contributed by atoms with E-state index in [1.54, 1.807) is 0 Å². The maximum atomic E-state index is 6.02. The Bertz CT molecular complexity index is 183. The molecule has 1 rings (SSSR count). The Kier molecular flexibility index (Phi) is 7.14. The summed E-state index contributed by atoms with van der Waals surface area (Å²) in [7, 11) is 2.27. The Morgan fingerprint density at radius 2 is 1.71 bits per heavy atom. The predicted molar refractivity (Wildman–Crippen MR) is 76.1 cm³/mol. The quantitative estimate of drug-likeness (QED) is 0.722. The molecule has 0 heterocycles. The molecule has 1 saturated carbocycles. The van der Waals surface area contributed by atoms with Crippen LogP contribution in [0.5, 0.6) is 0 Å². The van der Waals surface area contributed by atoms with Gasteiger partial charge in [-0.2, -0.15) is 0 Å². The molecule has 0 aromatic heterocycles. The Balaban J connectivity index is 2.43. The van der Waals surface area contributed by atoms with E-state index >= 15 is 0 Å². The van der Waals surface area contributed by atoms with Crippen molar-refractivity contribution in [3.63, 3.8) is 0 Å². The second-order valence-corrected chi connectivity index (χ2v) is 6.22. The molecule has 2 heteroatoms. The molecule has 0 amide bonds. The topological polar surface area (TPSA) is 29.3 Å². The molecular weight excluding hydrogens is 208 g/mol. The first-order valence-corrected chi connectivity index (χ1v) is 7.55. The van der Waals surface area contributed by atoms with Gasteiger partial charge in [-0.3, -0.25) is 0 Å². The molecule has 1 atom stereocenters. The zero-order chi connectivity index (χ0) is 12.7. The number of nitrogens with zero attached hydrogens (tertiary/aromatic N) is 1. The van der Waals surface area contributed by atoms with Gasteiger partial charge in [0.1, 0.15) is 0 Å². The van der Waals surface area contributed by atoms with Crippen LogP contribution in [0.3, 0.4) is 0 Å². The summed E-state index contributed by atoms with van der Waals surface area (Å²) in [5, 5.41) is 0. The normalized spacial score (nSPS) is 20.8. The number of likely N-dealkylation sites (N-methyl/N-ethyl adjacent to an activating group) is 1. The lowest BCUT2D eigenvalue weighted by atomic mass is 9.90. The highest BCUT2D eigenvalue weighted by Crippen LogP contribution is 2.27. The van der Waals surface area contributed by atoms with E-state index in [1.165, 1.54) is 51.5 Å². The summed E-state index contributed by atoms with van der Waals surface area (Å²) in [4.78, 5) is 2.52. The van der Waals surface area contributed by atoms with Crippen molar-refractivity contribution in [3.05, 3.63) is 0 Å². The van der Waals surface area contributed by atoms with Crippen LogP contribution in [0.2, 0.25) is 0 Å². The zero-order valence-electron chi connectivity index (χ0n) is 12.1. The van der Waals surface area contributed by atoms with Crippen LogP contribution in [-0.4, -0.2) is 31.1 Å². The molecule has 1 aliphatic rings. The maximum Gasteiger partial charge on any atom is 0.0243 e. The lowest BCUT2D eigenvalue weighted by molar-refractivity contribution is 0.160. The molecule has 0 bridgehead atoms. The van der Waals surface area contributed by atoms with E-state index in [4.69, 9.17) is 5.73 Å². The Labute approximate surface area is 108 Å². The van der Waals surface area contributed by atoms with Crippen molar-refractivity contribution < 1.29 is 0 Å². The monoisotopic (exact) mass is 240 g/mol. The lowest BCUT2D eigenvalue weighted by Gasteiger charge is -2.34. The highest BCUT2D eigenvalue weighted by Gasteiger charge is 2.24. The minimum absolute atomic E-state index is 0.617. The SMILES string of the molecule is CC(C)CCN(C)C(CN)C1CCCCCC1. The summed E-state index contributed by atoms with van der Waals surface area (Å²) in [6.07, 6.45) is 9.78. The minimum Gasteiger partial charge on any atom is -0.329 e. The lowest BCUT2D eigenvalue weighted by Crippen LogP contribution is -2.44. The van der Waals surface area contributed by atoms with Crippen molar-refractivity contribution in [2.24, 2.45) is 17.6 Å². The molecule has 1 unspecified atom stereocenters. The summed E-state index contributed by atoms with van der Waals surface area (Å²) in [5.74, 6) is 1.64. The first-order chi connectivity index (χ1) is 8.15. The van der Waals surface area contributed by atoms with E-state index in [9.17, 15) is 0 Å². The number of nitrogens with two attached hydrogens (primary N) is 1. The van der Waals surface area contributed by atoms with Gasteiger partial charge in [0.25, 0.3) is 0 Å². The van der Waals surface area contributed by atoms with Gasteiger partial charge in [-0.25, -0.2) is 0 Å². The van der Waals surface area contributed by atoms with Gasteiger partial charge in [-0.15, -0.1) is 0 Å². The van der Waals surface area contributed by atoms with Crippen LogP contribution in [0.1, 0.15) is 58.8 Å². The Morgan fingerprint density at radius 3 is 2.18 bits per heavy atom. The number of hydrogen-bond acceptors (Lipinski definition) is 2. The largest absolute Gasteiger partial charge is 0.329 e. The van der Waals surface area contributed by atoms with Crippen LogP contribution in [0.25, 0.3) is 0 Å². The van der Waals surface area contributed by atoms with Gasteiger partial charge in [0, 0.05) is 12.6 Å². The van der Waals surface area contributed by atoms with Crippen molar-refractivity contribution >= 4 is 0 Å². The molecule has 2 nitrogen and oxygen atoms in total. The van der Waals surface area contributed by atoms with Gasteiger partial charge < -0.3 is 10.6 Å². The Hall–Kier alpha value is -0.0800. The first kappa shape index (κ1) is 15.0. The highest BCUT2D eigenvalue weighted by molar-refractivity contribution is 4.80. The van der Waals surface area contributed by atoms with Gasteiger partial charge in [0.2, 0.25) is 0 Å². The van der Waals surface area contributed by atoms with Gasteiger partial charge >= 0.3 is 0 Å². The van der Waals surface area contributed by atoms with E-state index in [0.29, 0.717) is 6.04 Å². The molecule has 0 aliphatic heterocycles. The second kappa shape index (κ2) is 8.10. The molecule has 1 aliphatic carbocycles. The molecular formula is C15H32N2. The van der Waals surface area contributed by atoms with Crippen LogP contribution in [0.4, 0.5) is 0 Å². The van der Waals surface area contributed by atoms with Crippen molar-refractivity contribution in [1.29, 1.82) is 0 Å². The van der Waals surface area contributed by atoms with E-state index in [2.05, 4.69) is 25.8 Å². The summed E-state index contributed by atoms with van der Waals surface area (Å²) in [6, 6.07) is 0.617. The van der Waals surface area contributed by atoms with Crippen LogP contribution >= 0.6 is 0 Å². The van der Waals surface area contributed by atoms with Gasteiger partial charge in [-0.1, -0.05) is 39.5 Å². The highest BCUT2D eigenvalue weighted by atomic mass is 15.1. The van der Waals surface area contributed by atoms with Crippen molar-refractivity contribution in [3.8, 4) is 0 Å². The molecule has 0 aromatic rings. The van der Waals surface area contributed by atoms with Crippen LogP contribution < -0.4 is 5.73 Å². The molecule has 0 radical (unpaired) electrons. The zero-order valence-corrected chi connectivity index (χ0v) is 12.1.